The highest BCUT2D eigenvalue weighted by Gasteiger charge is 2.10. The Bertz CT molecular complexity index is 621. The van der Waals surface area contributed by atoms with Gasteiger partial charge in [0.05, 0.1) is 18.4 Å². The number of hydrogen-bond donors (Lipinski definition) is 0. The molecule has 21 heavy (non-hydrogen) atoms. The summed E-state index contributed by atoms with van der Waals surface area (Å²) in [5, 5.41) is 3.81. The van der Waals surface area contributed by atoms with Crippen LogP contribution in [0.3, 0.4) is 0 Å². The van der Waals surface area contributed by atoms with Crippen molar-refractivity contribution < 1.29 is 18.8 Å². The summed E-state index contributed by atoms with van der Waals surface area (Å²) in [6.07, 6.45) is 3.08. The summed E-state index contributed by atoms with van der Waals surface area (Å²) in [5.74, 6) is 1.03. The molecule has 0 aliphatic heterocycles. The molecule has 0 bridgehead atoms. The fourth-order valence-electron chi connectivity index (χ4n) is 1.78. The maximum atomic E-state index is 11.7. The minimum atomic E-state index is -0.411. The second-order valence-electron chi connectivity index (χ2n) is 4.52. The molecule has 5 nitrogen and oxygen atoms in total. The summed E-state index contributed by atoms with van der Waals surface area (Å²) >= 11 is 0. The van der Waals surface area contributed by atoms with Gasteiger partial charge in [0.2, 0.25) is 0 Å². The number of hydrogen-bond acceptors (Lipinski definition) is 5. The van der Waals surface area contributed by atoms with Gasteiger partial charge in [-0.3, -0.25) is 0 Å². The third-order valence-electron chi connectivity index (χ3n) is 3.07. The second-order valence-corrected chi connectivity index (χ2v) is 4.52. The van der Waals surface area contributed by atoms with Crippen LogP contribution < -0.4 is 4.74 Å². The van der Waals surface area contributed by atoms with E-state index in [2.05, 4.69) is 5.16 Å². The van der Waals surface area contributed by atoms with Crippen LogP contribution in [0, 0.1) is 13.8 Å². The number of rotatable bonds is 5. The fourth-order valence-corrected chi connectivity index (χ4v) is 1.78. The highest BCUT2D eigenvalue weighted by Crippen LogP contribution is 2.14. The molecular formula is C16H17NO4. The first kappa shape index (κ1) is 14.8. The van der Waals surface area contributed by atoms with Gasteiger partial charge < -0.3 is 14.0 Å². The summed E-state index contributed by atoms with van der Waals surface area (Å²) in [6, 6.07) is 7.37. The average molecular weight is 287 g/mol. The van der Waals surface area contributed by atoms with Gasteiger partial charge in [0, 0.05) is 6.08 Å². The van der Waals surface area contributed by atoms with E-state index in [-0.39, 0.29) is 6.61 Å². The monoisotopic (exact) mass is 287 g/mol. The minimum Gasteiger partial charge on any atom is -0.497 e. The summed E-state index contributed by atoms with van der Waals surface area (Å²) < 4.78 is 15.2. The standard InChI is InChI=1S/C16H17NO4/c1-11-15(12(2)21-17-11)10-20-16(18)9-6-13-4-7-14(19-3)8-5-13/h4-9H,10H2,1-3H3/b9-6+. The molecule has 2 rings (SSSR count). The van der Waals surface area contributed by atoms with Gasteiger partial charge in [-0.15, -0.1) is 0 Å². The molecular weight excluding hydrogens is 270 g/mol. The largest absolute Gasteiger partial charge is 0.497 e. The van der Waals surface area contributed by atoms with Crippen LogP contribution >= 0.6 is 0 Å². The van der Waals surface area contributed by atoms with E-state index < -0.39 is 5.97 Å². The molecule has 0 saturated heterocycles. The van der Waals surface area contributed by atoms with Gasteiger partial charge in [0.25, 0.3) is 0 Å². The predicted molar refractivity (Wildman–Crippen MR) is 77.8 cm³/mol. The van der Waals surface area contributed by atoms with E-state index in [1.807, 2.05) is 31.2 Å². The molecule has 1 heterocycles. The van der Waals surface area contributed by atoms with Crippen LogP contribution in [0.4, 0.5) is 0 Å². The number of benzene rings is 1. The SMILES string of the molecule is COc1ccc(/C=C/C(=O)OCc2c(C)noc2C)cc1. The summed E-state index contributed by atoms with van der Waals surface area (Å²) in [4.78, 5) is 11.7. The molecule has 5 heteroatoms. The lowest BCUT2D eigenvalue weighted by Gasteiger charge is -2.01. The molecule has 1 aromatic carbocycles. The summed E-state index contributed by atoms with van der Waals surface area (Å²) in [6.45, 7) is 3.76. The van der Waals surface area contributed by atoms with Gasteiger partial charge >= 0.3 is 5.97 Å². The van der Waals surface area contributed by atoms with Crippen LogP contribution in [0.2, 0.25) is 0 Å². The molecule has 0 spiro atoms. The first-order chi connectivity index (χ1) is 10.1. The Labute approximate surface area is 123 Å². The molecule has 0 amide bonds. The van der Waals surface area contributed by atoms with Crippen molar-refractivity contribution in [3.8, 4) is 5.75 Å². The van der Waals surface area contributed by atoms with Crippen molar-refractivity contribution in [2.75, 3.05) is 7.11 Å². The lowest BCUT2D eigenvalue weighted by molar-refractivity contribution is -0.138. The number of aromatic nitrogens is 1. The lowest BCUT2D eigenvalue weighted by Crippen LogP contribution is -2.02. The number of carbonyl (C=O) groups is 1. The third kappa shape index (κ3) is 3.95. The molecule has 0 N–H and O–H groups in total. The van der Waals surface area contributed by atoms with E-state index >= 15 is 0 Å². The normalized spacial score (nSPS) is 10.8. The molecule has 1 aromatic heterocycles. The Balaban J connectivity index is 1.90. The van der Waals surface area contributed by atoms with Crippen molar-refractivity contribution in [1.82, 2.24) is 5.16 Å². The Kier molecular flexibility index (Phi) is 4.77. The maximum Gasteiger partial charge on any atom is 0.331 e. The van der Waals surface area contributed by atoms with Crippen molar-refractivity contribution in [2.24, 2.45) is 0 Å². The Hall–Kier alpha value is -2.56. The number of methoxy groups -OCH3 is 1. The van der Waals surface area contributed by atoms with Crippen molar-refractivity contribution >= 4 is 12.0 Å². The average Bonchev–Trinajstić information content (AvgIpc) is 2.82. The highest BCUT2D eigenvalue weighted by atomic mass is 16.5. The number of carbonyl (C=O) groups excluding carboxylic acids is 1. The first-order valence-corrected chi connectivity index (χ1v) is 6.51. The van der Waals surface area contributed by atoms with E-state index in [0.29, 0.717) is 5.76 Å². The van der Waals surface area contributed by atoms with Crippen molar-refractivity contribution in [3.05, 3.63) is 52.9 Å². The third-order valence-corrected chi connectivity index (χ3v) is 3.07. The van der Waals surface area contributed by atoms with Crippen molar-refractivity contribution in [2.45, 2.75) is 20.5 Å². The Morgan fingerprint density at radius 1 is 1.29 bits per heavy atom. The quantitative estimate of drug-likeness (QED) is 0.624. The van der Waals surface area contributed by atoms with E-state index in [1.165, 1.54) is 6.08 Å². The lowest BCUT2D eigenvalue weighted by atomic mass is 10.2. The predicted octanol–water partition coefficient (Wildman–Crippen LogP) is 3.06. The van der Waals surface area contributed by atoms with E-state index in [4.69, 9.17) is 14.0 Å². The number of ether oxygens (including phenoxy) is 2. The molecule has 0 fully saturated rings. The minimum absolute atomic E-state index is 0.160. The molecule has 2 aromatic rings. The Morgan fingerprint density at radius 2 is 2.00 bits per heavy atom. The van der Waals surface area contributed by atoms with Crippen LogP contribution in [-0.2, 0) is 16.1 Å². The fraction of sp³-hybridized carbons (Fsp3) is 0.250. The molecule has 0 atom stereocenters. The van der Waals surface area contributed by atoms with Crippen LogP contribution in [0.5, 0.6) is 5.75 Å². The van der Waals surface area contributed by atoms with Crippen LogP contribution in [0.15, 0.2) is 34.9 Å². The first-order valence-electron chi connectivity index (χ1n) is 6.51. The summed E-state index contributed by atoms with van der Waals surface area (Å²) in [7, 11) is 1.61. The Morgan fingerprint density at radius 3 is 2.57 bits per heavy atom. The topological polar surface area (TPSA) is 61.6 Å². The highest BCUT2D eigenvalue weighted by molar-refractivity contribution is 5.87. The van der Waals surface area contributed by atoms with Crippen molar-refractivity contribution in [3.63, 3.8) is 0 Å². The number of esters is 1. The van der Waals surface area contributed by atoms with Gasteiger partial charge in [0.15, 0.2) is 0 Å². The van der Waals surface area contributed by atoms with Crippen LogP contribution in [0.25, 0.3) is 6.08 Å². The zero-order valence-electron chi connectivity index (χ0n) is 12.3. The van der Waals surface area contributed by atoms with Gasteiger partial charge in [-0.05, 0) is 37.6 Å². The van der Waals surface area contributed by atoms with E-state index in [1.54, 1.807) is 20.1 Å². The molecule has 0 radical (unpaired) electrons. The summed E-state index contributed by atoms with van der Waals surface area (Å²) in [5.41, 5.74) is 2.44. The zero-order chi connectivity index (χ0) is 15.2. The number of aryl methyl sites for hydroxylation is 2. The zero-order valence-corrected chi connectivity index (χ0v) is 12.3. The molecule has 110 valence electrons. The molecule has 0 aliphatic rings. The van der Waals surface area contributed by atoms with E-state index in [0.717, 1.165) is 22.6 Å². The van der Waals surface area contributed by atoms with Gasteiger partial charge in [-0.2, -0.15) is 0 Å². The van der Waals surface area contributed by atoms with E-state index in [9.17, 15) is 4.79 Å². The van der Waals surface area contributed by atoms with Crippen molar-refractivity contribution in [1.29, 1.82) is 0 Å². The van der Waals surface area contributed by atoms with Gasteiger partial charge in [-0.25, -0.2) is 4.79 Å². The van der Waals surface area contributed by atoms with Crippen LogP contribution in [-0.4, -0.2) is 18.2 Å². The molecule has 0 unspecified atom stereocenters. The van der Waals surface area contributed by atoms with Crippen LogP contribution in [0.1, 0.15) is 22.6 Å². The molecule has 0 saturated carbocycles. The maximum absolute atomic E-state index is 11.7. The van der Waals surface area contributed by atoms with Gasteiger partial charge in [0.1, 0.15) is 18.1 Å². The second kappa shape index (κ2) is 6.74. The molecule has 0 aliphatic carbocycles. The number of nitrogens with zero attached hydrogens (tertiary/aromatic N) is 1. The smallest absolute Gasteiger partial charge is 0.331 e. The van der Waals surface area contributed by atoms with Gasteiger partial charge in [-0.1, -0.05) is 17.3 Å².